The molecule has 16 heavy (non-hydrogen) atoms. The Morgan fingerprint density at radius 2 is 2.19 bits per heavy atom. The molecule has 1 heterocycles. The first-order chi connectivity index (χ1) is 7.69. The Labute approximate surface area is 113 Å². The van der Waals surface area contributed by atoms with Gasteiger partial charge in [-0.25, -0.2) is 9.97 Å². The first-order valence-corrected chi connectivity index (χ1v) is 7.29. The lowest BCUT2D eigenvalue weighted by molar-refractivity contribution is 0.180. The molecule has 1 aromatic rings. The summed E-state index contributed by atoms with van der Waals surface area (Å²) in [5, 5.41) is 0.453. The molecular weight excluding hydrogens is 312 g/mol. The second kappa shape index (κ2) is 7.48. The lowest BCUT2D eigenvalue weighted by Crippen LogP contribution is -2.02. The van der Waals surface area contributed by atoms with Crippen molar-refractivity contribution in [3.05, 3.63) is 21.1 Å². The van der Waals surface area contributed by atoms with Gasteiger partial charge in [-0.1, -0.05) is 18.5 Å². The third kappa shape index (κ3) is 4.20. The molecule has 0 unspecified atom stereocenters. The zero-order chi connectivity index (χ0) is 12.0. The monoisotopic (exact) mass is 324 g/mol. The van der Waals surface area contributed by atoms with Gasteiger partial charge in [-0.3, -0.25) is 0 Å². The molecule has 0 spiro atoms. The van der Waals surface area contributed by atoms with Crippen LogP contribution in [0.1, 0.15) is 24.9 Å². The Bertz CT molecular complexity index is 352. The van der Waals surface area contributed by atoms with Crippen LogP contribution in [-0.2, 0) is 17.1 Å². The summed E-state index contributed by atoms with van der Waals surface area (Å²) in [5.41, 5.74) is 0.801. The van der Waals surface area contributed by atoms with Crippen LogP contribution in [0, 0.1) is 0 Å². The van der Waals surface area contributed by atoms with Crippen molar-refractivity contribution >= 4 is 39.3 Å². The number of rotatable bonds is 6. The summed E-state index contributed by atoms with van der Waals surface area (Å²) in [6.45, 7) is 2.59. The second-order valence-electron chi connectivity index (χ2n) is 3.18. The number of hydrogen-bond donors (Lipinski definition) is 0. The molecule has 6 heteroatoms. The van der Waals surface area contributed by atoms with Crippen LogP contribution in [0.3, 0.4) is 0 Å². The van der Waals surface area contributed by atoms with E-state index in [0.29, 0.717) is 11.8 Å². The van der Waals surface area contributed by atoms with Gasteiger partial charge in [0, 0.05) is 7.11 Å². The Balaban J connectivity index is 2.77. The molecule has 90 valence electrons. The lowest BCUT2D eigenvalue weighted by atomic mass is 10.4. The summed E-state index contributed by atoms with van der Waals surface area (Å²) in [7, 11) is 1.63. The number of methoxy groups -OCH3 is 1. The largest absolute Gasteiger partial charge is 0.378 e. The van der Waals surface area contributed by atoms with Gasteiger partial charge in [0.15, 0.2) is 0 Å². The van der Waals surface area contributed by atoms with E-state index < -0.39 is 0 Å². The molecular formula is C10H14BrClN2OS. The number of aromatic nitrogens is 2. The lowest BCUT2D eigenvalue weighted by Gasteiger charge is -2.07. The van der Waals surface area contributed by atoms with Gasteiger partial charge in [0.1, 0.15) is 11.0 Å². The molecule has 0 saturated heterocycles. The van der Waals surface area contributed by atoms with Gasteiger partial charge >= 0.3 is 0 Å². The predicted molar refractivity (Wildman–Crippen MR) is 71.9 cm³/mol. The fourth-order valence-corrected chi connectivity index (χ4v) is 2.36. The van der Waals surface area contributed by atoms with Gasteiger partial charge in [0.2, 0.25) is 0 Å². The first-order valence-electron chi connectivity index (χ1n) is 4.96. The second-order valence-corrected chi connectivity index (χ2v) is 5.43. The fourth-order valence-electron chi connectivity index (χ4n) is 1.12. The summed E-state index contributed by atoms with van der Waals surface area (Å²) in [6, 6.07) is 0. The van der Waals surface area contributed by atoms with Gasteiger partial charge in [-0.05, 0) is 28.1 Å². The Morgan fingerprint density at radius 3 is 2.81 bits per heavy atom. The van der Waals surface area contributed by atoms with E-state index in [1.807, 2.05) is 11.8 Å². The van der Waals surface area contributed by atoms with Gasteiger partial charge in [-0.15, -0.1) is 0 Å². The SMILES string of the molecule is CCCSCc1nc(Cl)c(Br)c(COC)n1. The van der Waals surface area contributed by atoms with Crippen molar-refractivity contribution in [1.29, 1.82) is 0 Å². The zero-order valence-electron chi connectivity index (χ0n) is 9.30. The van der Waals surface area contributed by atoms with E-state index in [4.69, 9.17) is 16.3 Å². The van der Waals surface area contributed by atoms with Crippen LogP contribution < -0.4 is 0 Å². The molecule has 0 aliphatic carbocycles. The smallest absolute Gasteiger partial charge is 0.147 e. The zero-order valence-corrected chi connectivity index (χ0v) is 12.5. The van der Waals surface area contributed by atoms with E-state index in [0.717, 1.165) is 33.9 Å². The Morgan fingerprint density at radius 1 is 1.44 bits per heavy atom. The molecule has 0 aliphatic heterocycles. The molecule has 0 amide bonds. The maximum Gasteiger partial charge on any atom is 0.147 e. The average molecular weight is 326 g/mol. The Hall–Kier alpha value is 0.160. The number of thioether (sulfide) groups is 1. The molecule has 0 atom stereocenters. The summed E-state index contributed by atoms with van der Waals surface area (Å²) in [5.74, 6) is 2.66. The van der Waals surface area contributed by atoms with Crippen LogP contribution in [0.5, 0.6) is 0 Å². The van der Waals surface area contributed by atoms with E-state index in [1.165, 1.54) is 0 Å². The molecule has 1 rings (SSSR count). The van der Waals surface area contributed by atoms with Gasteiger partial charge in [0.05, 0.1) is 22.5 Å². The number of nitrogens with zero attached hydrogens (tertiary/aromatic N) is 2. The average Bonchev–Trinajstić information content (AvgIpc) is 2.26. The van der Waals surface area contributed by atoms with E-state index >= 15 is 0 Å². The summed E-state index contributed by atoms with van der Waals surface area (Å²) in [4.78, 5) is 8.62. The normalized spacial score (nSPS) is 10.8. The van der Waals surface area contributed by atoms with Gasteiger partial charge in [0.25, 0.3) is 0 Å². The molecule has 0 N–H and O–H groups in total. The third-order valence-electron chi connectivity index (χ3n) is 1.79. The molecule has 0 saturated carbocycles. The number of ether oxygens (including phenoxy) is 1. The minimum atomic E-state index is 0.439. The Kier molecular flexibility index (Phi) is 6.65. The minimum Gasteiger partial charge on any atom is -0.378 e. The third-order valence-corrected chi connectivity index (χ3v) is 4.28. The highest BCUT2D eigenvalue weighted by Crippen LogP contribution is 2.25. The van der Waals surface area contributed by atoms with Crippen molar-refractivity contribution in [1.82, 2.24) is 9.97 Å². The van der Waals surface area contributed by atoms with E-state index in [1.54, 1.807) is 7.11 Å². The van der Waals surface area contributed by atoms with Crippen LogP contribution in [0.25, 0.3) is 0 Å². The molecule has 0 radical (unpaired) electrons. The summed E-state index contributed by atoms with van der Waals surface area (Å²) < 4.78 is 5.78. The van der Waals surface area contributed by atoms with Gasteiger partial charge < -0.3 is 4.74 Å². The van der Waals surface area contributed by atoms with Crippen molar-refractivity contribution < 1.29 is 4.74 Å². The van der Waals surface area contributed by atoms with E-state index in [-0.39, 0.29) is 0 Å². The van der Waals surface area contributed by atoms with Crippen LogP contribution in [0.2, 0.25) is 5.15 Å². The molecule has 0 aliphatic rings. The highest BCUT2D eigenvalue weighted by Gasteiger charge is 2.10. The van der Waals surface area contributed by atoms with E-state index in [2.05, 4.69) is 32.8 Å². The van der Waals surface area contributed by atoms with Crippen LogP contribution >= 0.6 is 39.3 Å². The molecule has 0 bridgehead atoms. The quantitative estimate of drug-likeness (QED) is 0.590. The van der Waals surface area contributed by atoms with Crippen molar-refractivity contribution in [2.45, 2.75) is 25.7 Å². The van der Waals surface area contributed by atoms with Crippen LogP contribution in [0.4, 0.5) is 0 Å². The number of halogens is 2. The summed E-state index contributed by atoms with van der Waals surface area (Å²) in [6.07, 6.45) is 1.15. The van der Waals surface area contributed by atoms with Crippen LogP contribution in [0.15, 0.2) is 4.47 Å². The molecule has 0 fully saturated rings. The van der Waals surface area contributed by atoms with Gasteiger partial charge in [-0.2, -0.15) is 11.8 Å². The first kappa shape index (κ1) is 14.2. The maximum atomic E-state index is 6.00. The van der Waals surface area contributed by atoms with Crippen LogP contribution in [-0.4, -0.2) is 22.8 Å². The fraction of sp³-hybridized carbons (Fsp3) is 0.600. The molecule has 1 aromatic heterocycles. The molecule has 3 nitrogen and oxygen atoms in total. The predicted octanol–water partition coefficient (Wildman–Crippen LogP) is 3.68. The van der Waals surface area contributed by atoms with Crippen molar-refractivity contribution in [3.63, 3.8) is 0 Å². The standard InChI is InChI=1S/C10H14BrClN2OS/c1-3-4-16-6-8-13-7(5-15-2)9(11)10(12)14-8/h3-6H2,1-2H3. The maximum absolute atomic E-state index is 6.00. The highest BCUT2D eigenvalue weighted by atomic mass is 79.9. The van der Waals surface area contributed by atoms with E-state index in [9.17, 15) is 0 Å². The van der Waals surface area contributed by atoms with Crippen molar-refractivity contribution in [2.24, 2.45) is 0 Å². The summed E-state index contributed by atoms with van der Waals surface area (Å²) >= 11 is 11.2. The number of hydrogen-bond acceptors (Lipinski definition) is 4. The van der Waals surface area contributed by atoms with Crippen molar-refractivity contribution in [3.8, 4) is 0 Å². The van der Waals surface area contributed by atoms with Crippen molar-refractivity contribution in [2.75, 3.05) is 12.9 Å². The highest BCUT2D eigenvalue weighted by molar-refractivity contribution is 9.10. The minimum absolute atomic E-state index is 0.439. The molecule has 0 aromatic carbocycles. The topological polar surface area (TPSA) is 35.0 Å².